The Hall–Kier alpha value is -0.960. The molecule has 8 heteroatoms. The van der Waals surface area contributed by atoms with Gasteiger partial charge in [-0.25, -0.2) is 17.9 Å². The van der Waals surface area contributed by atoms with E-state index in [1.807, 2.05) is 6.92 Å². The number of rotatable bonds is 7. The lowest BCUT2D eigenvalue weighted by atomic mass is 10.4. The van der Waals surface area contributed by atoms with Gasteiger partial charge in [-0.1, -0.05) is 0 Å². The van der Waals surface area contributed by atoms with Crippen LogP contribution in [0.3, 0.4) is 0 Å². The molecule has 1 unspecified atom stereocenters. The SMILES string of the molecule is CCOC(C)CNS(=O)(=O)c1ccc(C(=O)O)s1. The monoisotopic (exact) mass is 293 g/mol. The normalized spacial score (nSPS) is 13.4. The van der Waals surface area contributed by atoms with Gasteiger partial charge >= 0.3 is 5.97 Å². The Bertz CT molecular complexity index is 508. The number of carboxylic acid groups (broad SMARTS) is 1. The Kier molecular flexibility index (Phi) is 5.27. The van der Waals surface area contributed by atoms with Crippen LogP contribution < -0.4 is 4.72 Å². The van der Waals surface area contributed by atoms with Gasteiger partial charge in [0.25, 0.3) is 0 Å². The third kappa shape index (κ3) is 4.05. The minimum atomic E-state index is -3.66. The van der Waals surface area contributed by atoms with Crippen molar-refractivity contribution in [3.05, 3.63) is 17.0 Å². The van der Waals surface area contributed by atoms with Crippen LogP contribution in [0.5, 0.6) is 0 Å². The van der Waals surface area contributed by atoms with Crippen LogP contribution in [-0.4, -0.2) is 38.7 Å². The lowest BCUT2D eigenvalue weighted by Crippen LogP contribution is -2.31. The lowest BCUT2D eigenvalue weighted by Gasteiger charge is -2.11. The number of nitrogens with one attached hydrogen (secondary N) is 1. The second-order valence-electron chi connectivity index (χ2n) is 3.54. The van der Waals surface area contributed by atoms with Crippen LogP contribution in [0.1, 0.15) is 23.5 Å². The molecule has 18 heavy (non-hydrogen) atoms. The molecule has 1 atom stereocenters. The smallest absolute Gasteiger partial charge is 0.345 e. The number of hydrogen-bond acceptors (Lipinski definition) is 5. The molecule has 0 amide bonds. The van der Waals surface area contributed by atoms with E-state index < -0.39 is 16.0 Å². The first-order valence-corrected chi connectivity index (χ1v) is 7.61. The summed E-state index contributed by atoms with van der Waals surface area (Å²) in [4.78, 5) is 10.7. The summed E-state index contributed by atoms with van der Waals surface area (Å²) in [5, 5.41) is 8.73. The molecule has 0 saturated heterocycles. The molecule has 0 aromatic carbocycles. The summed E-state index contributed by atoms with van der Waals surface area (Å²) >= 11 is 0.722. The number of aromatic carboxylic acids is 1. The first kappa shape index (κ1) is 15.1. The summed E-state index contributed by atoms with van der Waals surface area (Å²) in [6.07, 6.45) is -0.233. The topological polar surface area (TPSA) is 92.7 Å². The van der Waals surface area contributed by atoms with Crippen LogP contribution in [-0.2, 0) is 14.8 Å². The van der Waals surface area contributed by atoms with E-state index in [1.165, 1.54) is 12.1 Å². The molecular formula is C10H15NO5S2. The Morgan fingerprint density at radius 1 is 1.56 bits per heavy atom. The molecule has 0 aliphatic carbocycles. The van der Waals surface area contributed by atoms with E-state index in [0.29, 0.717) is 6.61 Å². The molecule has 1 aromatic heterocycles. The zero-order chi connectivity index (χ0) is 13.8. The molecule has 1 aromatic rings. The van der Waals surface area contributed by atoms with Crippen LogP contribution in [0.4, 0.5) is 0 Å². The minimum absolute atomic E-state index is 0.00627. The van der Waals surface area contributed by atoms with Gasteiger partial charge in [0, 0.05) is 13.2 Å². The van der Waals surface area contributed by atoms with Gasteiger partial charge in [0.15, 0.2) is 0 Å². The summed E-state index contributed by atoms with van der Waals surface area (Å²) in [6, 6.07) is 2.55. The highest BCUT2D eigenvalue weighted by Crippen LogP contribution is 2.21. The van der Waals surface area contributed by atoms with Gasteiger partial charge in [-0.15, -0.1) is 11.3 Å². The fourth-order valence-corrected chi connectivity index (χ4v) is 3.53. The minimum Gasteiger partial charge on any atom is -0.477 e. The summed E-state index contributed by atoms with van der Waals surface area (Å²) < 4.78 is 31.2. The van der Waals surface area contributed by atoms with Gasteiger partial charge in [-0.05, 0) is 26.0 Å². The molecule has 1 rings (SSSR count). The quantitative estimate of drug-likeness (QED) is 0.786. The molecule has 0 fully saturated rings. The van der Waals surface area contributed by atoms with Crippen molar-refractivity contribution in [2.75, 3.05) is 13.2 Å². The van der Waals surface area contributed by atoms with Crippen molar-refractivity contribution in [3.63, 3.8) is 0 Å². The van der Waals surface area contributed by atoms with Crippen LogP contribution >= 0.6 is 11.3 Å². The second-order valence-corrected chi connectivity index (χ2v) is 6.62. The first-order valence-electron chi connectivity index (χ1n) is 5.31. The molecule has 0 radical (unpaired) electrons. The Morgan fingerprint density at radius 3 is 2.72 bits per heavy atom. The molecule has 2 N–H and O–H groups in total. The van der Waals surface area contributed by atoms with Gasteiger partial charge in [0.1, 0.15) is 9.09 Å². The van der Waals surface area contributed by atoms with E-state index in [0.717, 1.165) is 11.3 Å². The van der Waals surface area contributed by atoms with Crippen molar-refractivity contribution in [2.45, 2.75) is 24.2 Å². The zero-order valence-electron chi connectivity index (χ0n) is 10.0. The average Bonchev–Trinajstić information content (AvgIpc) is 2.77. The van der Waals surface area contributed by atoms with E-state index in [1.54, 1.807) is 6.92 Å². The molecule has 0 spiro atoms. The predicted molar refractivity (Wildman–Crippen MR) is 67.6 cm³/mol. The van der Waals surface area contributed by atoms with Crippen LogP contribution in [0.25, 0.3) is 0 Å². The lowest BCUT2D eigenvalue weighted by molar-refractivity contribution is 0.0702. The van der Waals surface area contributed by atoms with Gasteiger partial charge in [-0.3, -0.25) is 0 Å². The number of thiophene rings is 1. The van der Waals surface area contributed by atoms with E-state index >= 15 is 0 Å². The molecule has 0 bridgehead atoms. The molecule has 0 aliphatic heterocycles. The van der Waals surface area contributed by atoms with Crippen molar-refractivity contribution >= 4 is 27.3 Å². The van der Waals surface area contributed by atoms with Gasteiger partial charge in [0.05, 0.1) is 6.10 Å². The summed E-state index contributed by atoms with van der Waals surface area (Å²) in [5.41, 5.74) is 0. The van der Waals surface area contributed by atoms with Crippen molar-refractivity contribution in [1.82, 2.24) is 4.72 Å². The fraction of sp³-hybridized carbons (Fsp3) is 0.500. The van der Waals surface area contributed by atoms with E-state index in [4.69, 9.17) is 9.84 Å². The van der Waals surface area contributed by atoms with Crippen molar-refractivity contribution in [1.29, 1.82) is 0 Å². The van der Waals surface area contributed by atoms with Crippen LogP contribution in [0.15, 0.2) is 16.3 Å². The third-order valence-electron chi connectivity index (χ3n) is 2.07. The highest BCUT2D eigenvalue weighted by molar-refractivity contribution is 7.91. The molecule has 1 heterocycles. The van der Waals surface area contributed by atoms with Crippen molar-refractivity contribution in [3.8, 4) is 0 Å². The standard InChI is InChI=1S/C10H15NO5S2/c1-3-16-7(2)6-11-18(14,15)9-5-4-8(17-9)10(12)13/h4-5,7,11H,3,6H2,1-2H3,(H,12,13). The molecule has 0 aliphatic rings. The predicted octanol–water partition coefficient (Wildman–Crippen LogP) is 1.15. The zero-order valence-corrected chi connectivity index (χ0v) is 11.7. The van der Waals surface area contributed by atoms with Gasteiger partial charge in [0.2, 0.25) is 10.0 Å². The Morgan fingerprint density at radius 2 is 2.22 bits per heavy atom. The number of carboxylic acids is 1. The van der Waals surface area contributed by atoms with Crippen LogP contribution in [0, 0.1) is 0 Å². The van der Waals surface area contributed by atoms with E-state index in [9.17, 15) is 13.2 Å². The third-order valence-corrected chi connectivity index (χ3v) is 5.06. The van der Waals surface area contributed by atoms with Gasteiger partial charge < -0.3 is 9.84 Å². The first-order chi connectivity index (χ1) is 8.36. The Balaban J connectivity index is 2.71. The molecular weight excluding hydrogens is 278 g/mol. The van der Waals surface area contributed by atoms with Gasteiger partial charge in [-0.2, -0.15) is 0 Å². The summed E-state index contributed by atoms with van der Waals surface area (Å²) in [5.74, 6) is -1.14. The number of carbonyl (C=O) groups is 1. The molecule has 102 valence electrons. The molecule has 0 saturated carbocycles. The number of ether oxygens (including phenoxy) is 1. The average molecular weight is 293 g/mol. The highest BCUT2D eigenvalue weighted by Gasteiger charge is 2.19. The maximum absolute atomic E-state index is 11.8. The highest BCUT2D eigenvalue weighted by atomic mass is 32.2. The van der Waals surface area contributed by atoms with E-state index in [2.05, 4.69) is 4.72 Å². The fourth-order valence-electron chi connectivity index (χ4n) is 1.22. The summed E-state index contributed by atoms with van der Waals surface area (Å²) in [7, 11) is -3.66. The van der Waals surface area contributed by atoms with Crippen molar-refractivity contribution < 1.29 is 23.1 Å². The van der Waals surface area contributed by atoms with E-state index in [-0.39, 0.29) is 21.7 Å². The number of sulfonamides is 1. The maximum Gasteiger partial charge on any atom is 0.345 e. The van der Waals surface area contributed by atoms with Crippen LogP contribution in [0.2, 0.25) is 0 Å². The molecule has 6 nitrogen and oxygen atoms in total. The Labute approximate surface area is 110 Å². The summed E-state index contributed by atoms with van der Waals surface area (Å²) in [6.45, 7) is 4.23. The second kappa shape index (κ2) is 6.28. The largest absolute Gasteiger partial charge is 0.477 e. The van der Waals surface area contributed by atoms with Crippen molar-refractivity contribution in [2.24, 2.45) is 0 Å². The number of hydrogen-bond donors (Lipinski definition) is 2. The maximum atomic E-state index is 11.8.